The van der Waals surface area contributed by atoms with E-state index in [4.69, 9.17) is 7.16 Å². The first-order chi connectivity index (χ1) is 20.5. The third-order valence-corrected chi connectivity index (χ3v) is 8.31. The number of fused-ring (bicyclic) bond motifs is 4. The monoisotopic (exact) mass is 502 g/mol. The van der Waals surface area contributed by atoms with Gasteiger partial charge in [-0.2, -0.15) is 5.26 Å². The third-order valence-electron chi connectivity index (χ3n) is 8.31. The normalized spacial score (nSPS) is 24.2. The van der Waals surface area contributed by atoms with Crippen molar-refractivity contribution in [1.82, 2.24) is 0 Å². The molecule has 7 rings (SSSR count). The number of pyridine rings is 1. The molecule has 0 spiro atoms. The lowest BCUT2D eigenvalue weighted by molar-refractivity contribution is -0.660. The van der Waals surface area contributed by atoms with E-state index in [1.165, 1.54) is 0 Å². The highest BCUT2D eigenvalue weighted by molar-refractivity contribution is 6.14. The summed E-state index contributed by atoms with van der Waals surface area (Å²) in [5.74, 6) is -2.32. The van der Waals surface area contributed by atoms with Crippen molar-refractivity contribution in [1.29, 1.82) is 5.26 Å². The van der Waals surface area contributed by atoms with E-state index in [-0.39, 0.29) is 17.0 Å². The Morgan fingerprint density at radius 3 is 2.47 bits per heavy atom. The van der Waals surface area contributed by atoms with Gasteiger partial charge in [0.2, 0.25) is 5.69 Å². The molecule has 1 atom stereocenters. The summed E-state index contributed by atoms with van der Waals surface area (Å²) in [6, 6.07) is 21.1. The maximum Gasteiger partial charge on any atom is 0.216 e. The van der Waals surface area contributed by atoms with Gasteiger partial charge < -0.3 is 4.42 Å². The summed E-state index contributed by atoms with van der Waals surface area (Å²) in [6.07, 6.45) is 1.74. The number of aryl methyl sites for hydroxylation is 2. The highest BCUT2D eigenvalue weighted by Gasteiger charge is 2.30. The van der Waals surface area contributed by atoms with Crippen molar-refractivity contribution in [2.75, 3.05) is 0 Å². The lowest BCUT2D eigenvalue weighted by atomic mass is 9.79. The standard InChI is InChI=1S/C35H33N2O/c1-22-11-15-29-30-16-14-26(21-36)33(35(30)38-34(29)32(22)31-10-6-7-17-37(31)2)25-13-12-24-18-27(20-28(24)19-25)23-8-4-3-5-9-23/h6-7,10-17,19,23,27H,3-5,8-9,18,20H2,1-2H3/q+1/i18D2,20D2,27D. The fraction of sp³-hybridized carbons (Fsp3) is 0.314. The lowest BCUT2D eigenvalue weighted by Gasteiger charge is -2.27. The maximum absolute atomic E-state index is 10.2. The van der Waals surface area contributed by atoms with E-state index >= 15 is 0 Å². The quantitative estimate of drug-likeness (QED) is 0.233. The molecular formula is C35H33N2O+. The zero-order chi connectivity index (χ0) is 30.3. The first kappa shape index (κ1) is 18.4. The summed E-state index contributed by atoms with van der Waals surface area (Å²) in [6.45, 7) is 2.05. The molecule has 2 heterocycles. The van der Waals surface area contributed by atoms with Gasteiger partial charge in [-0.15, -0.1) is 0 Å². The molecule has 1 saturated carbocycles. The molecule has 0 radical (unpaired) electrons. The van der Waals surface area contributed by atoms with Crippen molar-refractivity contribution in [3.05, 3.63) is 89.1 Å². The topological polar surface area (TPSA) is 40.8 Å². The molecular weight excluding hydrogens is 464 g/mol. The SMILES string of the molecule is [2H]C1([2H])c2ccc(-c3c(C#N)ccc4c3oc3c(-c5cccc[n+]5C)c(C)ccc34)cc2C([2H])([2H])C1([2H])C1CCCCC1. The summed E-state index contributed by atoms with van der Waals surface area (Å²) in [5, 5.41) is 12.0. The molecule has 38 heavy (non-hydrogen) atoms. The fourth-order valence-electron chi connectivity index (χ4n) is 6.31. The average molecular weight is 503 g/mol. The predicted octanol–water partition coefficient (Wildman–Crippen LogP) is 8.22. The summed E-state index contributed by atoms with van der Waals surface area (Å²) in [4.78, 5) is 0. The highest BCUT2D eigenvalue weighted by atomic mass is 16.3. The summed E-state index contributed by atoms with van der Waals surface area (Å²) < 4.78 is 54.8. The minimum absolute atomic E-state index is 0.195. The largest absolute Gasteiger partial charge is 0.454 e. The van der Waals surface area contributed by atoms with Crippen molar-refractivity contribution in [3.8, 4) is 28.5 Å². The van der Waals surface area contributed by atoms with E-state index in [0.717, 1.165) is 46.9 Å². The van der Waals surface area contributed by atoms with Gasteiger partial charge in [0.15, 0.2) is 6.20 Å². The van der Waals surface area contributed by atoms with Crippen LogP contribution in [0.25, 0.3) is 44.3 Å². The number of rotatable bonds is 3. The van der Waals surface area contributed by atoms with Crippen LogP contribution >= 0.6 is 0 Å². The zero-order valence-electron chi connectivity index (χ0n) is 26.8. The van der Waals surface area contributed by atoms with Crippen LogP contribution in [0.5, 0.6) is 0 Å². The van der Waals surface area contributed by atoms with Gasteiger partial charge in [-0.3, -0.25) is 0 Å². The van der Waals surface area contributed by atoms with E-state index in [1.54, 1.807) is 24.3 Å². The number of furan rings is 1. The molecule has 3 aromatic carbocycles. The second-order valence-corrected chi connectivity index (χ2v) is 10.7. The molecule has 3 nitrogen and oxygen atoms in total. The van der Waals surface area contributed by atoms with Crippen molar-refractivity contribution in [3.63, 3.8) is 0 Å². The van der Waals surface area contributed by atoms with Gasteiger partial charge in [0, 0.05) is 35.3 Å². The van der Waals surface area contributed by atoms with E-state index in [2.05, 4.69) is 12.1 Å². The van der Waals surface area contributed by atoms with Crippen LogP contribution < -0.4 is 4.57 Å². The molecule has 5 aromatic rings. The Labute approximate surface area is 231 Å². The Balaban J connectivity index is 1.47. The minimum atomic E-state index is -2.22. The third kappa shape index (κ3) is 3.66. The van der Waals surface area contributed by atoms with E-state index in [0.29, 0.717) is 40.7 Å². The number of nitrogens with zero attached hydrogens (tertiary/aromatic N) is 2. The maximum atomic E-state index is 10.2. The van der Waals surface area contributed by atoms with Gasteiger partial charge in [0.1, 0.15) is 18.2 Å². The van der Waals surface area contributed by atoms with Gasteiger partial charge in [-0.25, -0.2) is 4.57 Å². The molecule has 0 saturated heterocycles. The Morgan fingerprint density at radius 1 is 0.921 bits per heavy atom. The first-order valence-corrected chi connectivity index (χ1v) is 13.5. The molecule has 3 heteroatoms. The number of hydrogen-bond donors (Lipinski definition) is 0. The summed E-state index contributed by atoms with van der Waals surface area (Å²) >= 11 is 0. The number of benzene rings is 3. The lowest BCUT2D eigenvalue weighted by Crippen LogP contribution is -2.30. The second-order valence-electron chi connectivity index (χ2n) is 10.7. The molecule has 0 amide bonds. The van der Waals surface area contributed by atoms with Gasteiger partial charge in [0.05, 0.1) is 17.2 Å². The molecule has 0 bridgehead atoms. The molecule has 2 aliphatic carbocycles. The van der Waals surface area contributed by atoms with Gasteiger partial charge in [-0.1, -0.05) is 62.4 Å². The molecule has 0 N–H and O–H groups in total. The van der Waals surface area contributed by atoms with Gasteiger partial charge >= 0.3 is 0 Å². The zero-order valence-corrected chi connectivity index (χ0v) is 21.8. The van der Waals surface area contributed by atoms with E-state index < -0.39 is 18.6 Å². The predicted molar refractivity (Wildman–Crippen MR) is 153 cm³/mol. The highest BCUT2D eigenvalue weighted by Crippen LogP contribution is 2.44. The minimum Gasteiger partial charge on any atom is -0.454 e. The van der Waals surface area contributed by atoms with Crippen LogP contribution in [0.4, 0.5) is 0 Å². The van der Waals surface area contributed by atoms with E-state index in [1.807, 2.05) is 55.1 Å². The van der Waals surface area contributed by atoms with Crippen LogP contribution in [0.2, 0.25) is 0 Å². The fourth-order valence-corrected chi connectivity index (χ4v) is 6.31. The van der Waals surface area contributed by atoms with Crippen molar-refractivity contribution in [2.24, 2.45) is 18.9 Å². The van der Waals surface area contributed by atoms with Crippen molar-refractivity contribution < 1.29 is 15.8 Å². The van der Waals surface area contributed by atoms with Crippen molar-refractivity contribution >= 4 is 21.9 Å². The number of aromatic nitrogens is 1. The second kappa shape index (κ2) is 9.14. The molecule has 188 valence electrons. The van der Waals surface area contributed by atoms with Crippen LogP contribution in [-0.2, 0) is 19.8 Å². The molecule has 2 aliphatic rings. The molecule has 1 unspecified atom stereocenters. The number of hydrogen-bond acceptors (Lipinski definition) is 2. The molecule has 1 fully saturated rings. The van der Waals surface area contributed by atoms with Crippen LogP contribution in [0.15, 0.2) is 71.3 Å². The van der Waals surface area contributed by atoms with Crippen molar-refractivity contribution in [2.45, 2.75) is 51.8 Å². The Kier molecular flexibility index (Phi) is 4.42. The van der Waals surface area contributed by atoms with Crippen LogP contribution in [0, 0.1) is 30.1 Å². The molecule has 2 aromatic heterocycles. The van der Waals surface area contributed by atoms with Crippen LogP contribution in [0.1, 0.15) is 61.2 Å². The van der Waals surface area contributed by atoms with Crippen LogP contribution in [0.3, 0.4) is 0 Å². The Hall–Kier alpha value is -3.90. The number of nitriles is 1. The van der Waals surface area contributed by atoms with Gasteiger partial charge in [0.25, 0.3) is 0 Å². The van der Waals surface area contributed by atoms with Crippen LogP contribution in [-0.4, -0.2) is 0 Å². The summed E-state index contributed by atoms with van der Waals surface area (Å²) in [7, 11) is 1.99. The smallest absolute Gasteiger partial charge is 0.216 e. The Bertz CT molecular complexity index is 1980. The summed E-state index contributed by atoms with van der Waals surface area (Å²) in [5.41, 5.74) is 6.20. The average Bonchev–Trinajstić information content (AvgIpc) is 3.43. The Morgan fingerprint density at radius 2 is 1.68 bits per heavy atom. The van der Waals surface area contributed by atoms with Gasteiger partial charge in [-0.05, 0) is 71.9 Å². The molecule has 0 aliphatic heterocycles. The van der Waals surface area contributed by atoms with E-state index in [9.17, 15) is 9.37 Å². The first-order valence-electron chi connectivity index (χ1n) is 16.0.